The first-order valence-corrected chi connectivity index (χ1v) is 7.38. The molecule has 0 unspecified atom stereocenters. The van der Waals surface area contributed by atoms with E-state index < -0.39 is 18.4 Å². The third-order valence-electron chi connectivity index (χ3n) is 2.89. The zero-order chi connectivity index (χ0) is 16.3. The van der Waals surface area contributed by atoms with Crippen molar-refractivity contribution in [3.05, 3.63) is 28.7 Å². The topological polar surface area (TPSA) is 76.1 Å². The number of carboxylic acids is 1. The maximum absolute atomic E-state index is 12.2. The van der Waals surface area contributed by atoms with E-state index >= 15 is 0 Å². The molecule has 22 heavy (non-hydrogen) atoms. The lowest BCUT2D eigenvalue weighted by Crippen LogP contribution is -2.33. The highest BCUT2D eigenvalue weighted by molar-refractivity contribution is 8.26. The van der Waals surface area contributed by atoms with Crippen LogP contribution in [-0.4, -0.2) is 47.0 Å². The van der Waals surface area contributed by atoms with Gasteiger partial charge in [0.2, 0.25) is 0 Å². The average Bonchev–Trinajstić information content (AvgIpc) is 2.75. The molecule has 0 radical (unpaired) electrons. The molecule has 0 bridgehead atoms. The largest absolute Gasteiger partial charge is 0.497 e. The minimum Gasteiger partial charge on any atom is -0.497 e. The Balaban J connectivity index is 2.32. The number of carboxylic acid groups (broad SMARTS) is 1. The lowest BCUT2D eigenvalue weighted by atomic mass is 10.1. The SMILES string of the molecule is COc1ccc(C=C2SC(=S)N(CC(=O)O)C2=O)c(OC)c1. The Bertz CT molecular complexity index is 671. The number of methoxy groups -OCH3 is 2. The Morgan fingerprint density at radius 3 is 2.73 bits per heavy atom. The monoisotopic (exact) mass is 339 g/mol. The van der Waals surface area contributed by atoms with E-state index in [-0.39, 0.29) is 4.32 Å². The summed E-state index contributed by atoms with van der Waals surface area (Å²) in [6.07, 6.45) is 1.62. The summed E-state index contributed by atoms with van der Waals surface area (Å²) in [5.41, 5.74) is 0.680. The minimum absolute atomic E-state index is 0.228. The van der Waals surface area contributed by atoms with E-state index in [2.05, 4.69) is 0 Å². The molecular formula is C14H13NO5S2. The van der Waals surface area contributed by atoms with Crippen molar-refractivity contribution in [2.24, 2.45) is 0 Å². The van der Waals surface area contributed by atoms with Crippen LogP contribution in [0, 0.1) is 0 Å². The van der Waals surface area contributed by atoms with E-state index in [1.54, 1.807) is 31.4 Å². The molecule has 1 amide bonds. The van der Waals surface area contributed by atoms with Gasteiger partial charge in [0.1, 0.15) is 22.4 Å². The molecule has 2 rings (SSSR count). The maximum Gasteiger partial charge on any atom is 0.323 e. The number of thioether (sulfide) groups is 1. The molecule has 1 aromatic rings. The summed E-state index contributed by atoms with van der Waals surface area (Å²) in [5.74, 6) is -0.356. The first kappa shape index (κ1) is 16.3. The van der Waals surface area contributed by atoms with Crippen LogP contribution in [0.15, 0.2) is 23.1 Å². The van der Waals surface area contributed by atoms with Crippen LogP contribution in [-0.2, 0) is 9.59 Å². The number of carbonyl (C=O) groups is 2. The minimum atomic E-state index is -1.11. The molecular weight excluding hydrogens is 326 g/mol. The second kappa shape index (κ2) is 6.80. The van der Waals surface area contributed by atoms with Gasteiger partial charge in [-0.1, -0.05) is 24.0 Å². The van der Waals surface area contributed by atoms with Gasteiger partial charge in [-0.05, 0) is 18.2 Å². The number of thiocarbonyl (C=S) groups is 1. The van der Waals surface area contributed by atoms with E-state index in [0.29, 0.717) is 22.0 Å². The molecule has 1 saturated heterocycles. The molecule has 8 heteroatoms. The fourth-order valence-corrected chi connectivity index (χ4v) is 3.10. The molecule has 0 saturated carbocycles. The predicted octanol–water partition coefficient (Wildman–Crippen LogP) is 1.99. The predicted molar refractivity (Wildman–Crippen MR) is 87.1 cm³/mol. The number of nitrogens with zero attached hydrogens (tertiary/aromatic N) is 1. The van der Waals surface area contributed by atoms with Crippen molar-refractivity contribution in [2.45, 2.75) is 0 Å². The van der Waals surface area contributed by atoms with E-state index in [1.165, 1.54) is 7.11 Å². The summed E-state index contributed by atoms with van der Waals surface area (Å²) in [6, 6.07) is 5.19. The highest BCUT2D eigenvalue weighted by Gasteiger charge is 2.33. The van der Waals surface area contributed by atoms with Crippen LogP contribution in [0.4, 0.5) is 0 Å². The zero-order valence-electron chi connectivity index (χ0n) is 11.9. The average molecular weight is 339 g/mol. The Kier molecular flexibility index (Phi) is 5.04. The van der Waals surface area contributed by atoms with Crippen molar-refractivity contribution >= 4 is 46.3 Å². The number of rotatable bonds is 5. The van der Waals surface area contributed by atoms with Crippen molar-refractivity contribution in [3.8, 4) is 11.5 Å². The van der Waals surface area contributed by atoms with Crippen molar-refractivity contribution in [1.29, 1.82) is 0 Å². The number of amides is 1. The smallest absolute Gasteiger partial charge is 0.323 e. The summed E-state index contributed by atoms with van der Waals surface area (Å²) >= 11 is 6.11. The fourth-order valence-electron chi connectivity index (χ4n) is 1.85. The molecule has 1 aliphatic rings. The van der Waals surface area contributed by atoms with Gasteiger partial charge in [-0.2, -0.15) is 0 Å². The van der Waals surface area contributed by atoms with Gasteiger partial charge in [-0.25, -0.2) is 0 Å². The maximum atomic E-state index is 12.2. The summed E-state index contributed by atoms with van der Waals surface area (Å²) < 4.78 is 10.6. The van der Waals surface area contributed by atoms with Gasteiger partial charge < -0.3 is 14.6 Å². The van der Waals surface area contributed by atoms with Crippen LogP contribution >= 0.6 is 24.0 Å². The number of benzene rings is 1. The first-order chi connectivity index (χ1) is 10.5. The van der Waals surface area contributed by atoms with Crippen LogP contribution in [0.25, 0.3) is 6.08 Å². The third kappa shape index (κ3) is 3.40. The van der Waals surface area contributed by atoms with E-state index in [0.717, 1.165) is 16.7 Å². The molecule has 1 heterocycles. The molecule has 116 valence electrons. The van der Waals surface area contributed by atoms with Crippen molar-refractivity contribution in [3.63, 3.8) is 0 Å². The quantitative estimate of drug-likeness (QED) is 0.649. The van der Waals surface area contributed by atoms with Gasteiger partial charge in [0.15, 0.2) is 0 Å². The van der Waals surface area contributed by atoms with Crippen LogP contribution in [0.1, 0.15) is 5.56 Å². The lowest BCUT2D eigenvalue weighted by molar-refractivity contribution is -0.140. The van der Waals surface area contributed by atoms with Crippen LogP contribution < -0.4 is 9.47 Å². The fraction of sp³-hybridized carbons (Fsp3) is 0.214. The second-order valence-corrected chi connectivity index (χ2v) is 5.95. The van der Waals surface area contributed by atoms with Crippen molar-refractivity contribution in [1.82, 2.24) is 4.90 Å². The molecule has 1 fully saturated rings. The molecule has 0 aromatic heterocycles. The van der Waals surface area contributed by atoms with Gasteiger partial charge in [0.05, 0.1) is 19.1 Å². The summed E-state index contributed by atoms with van der Waals surface area (Å²) in [4.78, 5) is 24.4. The van der Waals surface area contributed by atoms with Crippen LogP contribution in [0.5, 0.6) is 11.5 Å². The molecule has 1 aliphatic heterocycles. The Morgan fingerprint density at radius 2 is 2.14 bits per heavy atom. The first-order valence-electron chi connectivity index (χ1n) is 6.15. The van der Waals surface area contributed by atoms with Gasteiger partial charge in [0.25, 0.3) is 5.91 Å². The second-order valence-electron chi connectivity index (χ2n) is 4.27. The summed E-state index contributed by atoms with van der Waals surface area (Å²) in [6.45, 7) is -0.443. The standard InChI is InChI=1S/C14H13NO5S2/c1-19-9-4-3-8(10(6-9)20-2)5-11-13(18)15(7-12(16)17)14(21)22-11/h3-6H,7H2,1-2H3,(H,16,17). The number of hydrogen-bond acceptors (Lipinski definition) is 6. The molecule has 0 atom stereocenters. The Morgan fingerprint density at radius 1 is 1.41 bits per heavy atom. The van der Waals surface area contributed by atoms with E-state index in [4.69, 9.17) is 26.8 Å². The number of carbonyl (C=O) groups excluding carboxylic acids is 1. The molecule has 1 N–H and O–H groups in total. The number of aliphatic carboxylic acids is 1. The van der Waals surface area contributed by atoms with E-state index in [1.807, 2.05) is 0 Å². The van der Waals surface area contributed by atoms with E-state index in [9.17, 15) is 9.59 Å². The highest BCUT2D eigenvalue weighted by atomic mass is 32.2. The molecule has 6 nitrogen and oxygen atoms in total. The normalized spacial score (nSPS) is 16.3. The zero-order valence-corrected chi connectivity index (χ0v) is 13.5. The van der Waals surface area contributed by atoms with Gasteiger partial charge >= 0.3 is 5.97 Å². The van der Waals surface area contributed by atoms with Gasteiger partial charge in [-0.3, -0.25) is 14.5 Å². The highest BCUT2D eigenvalue weighted by Crippen LogP contribution is 2.35. The summed E-state index contributed by atoms with van der Waals surface area (Å²) in [7, 11) is 3.06. The number of hydrogen-bond donors (Lipinski definition) is 1. The molecule has 0 aliphatic carbocycles. The Labute approximate surface area is 136 Å². The third-order valence-corrected chi connectivity index (χ3v) is 4.27. The van der Waals surface area contributed by atoms with Gasteiger partial charge in [-0.15, -0.1) is 0 Å². The van der Waals surface area contributed by atoms with Crippen molar-refractivity contribution < 1.29 is 24.2 Å². The lowest BCUT2D eigenvalue weighted by Gasteiger charge is -2.10. The molecule has 0 spiro atoms. The van der Waals surface area contributed by atoms with Crippen molar-refractivity contribution in [2.75, 3.05) is 20.8 Å². The Hall–Kier alpha value is -2.06. The molecule has 1 aromatic carbocycles. The van der Waals surface area contributed by atoms with Gasteiger partial charge in [0, 0.05) is 11.6 Å². The number of ether oxygens (including phenoxy) is 2. The summed E-state index contributed by atoms with van der Waals surface area (Å²) in [5, 5.41) is 8.81. The van der Waals surface area contributed by atoms with Crippen LogP contribution in [0.2, 0.25) is 0 Å². The van der Waals surface area contributed by atoms with Crippen LogP contribution in [0.3, 0.4) is 0 Å².